The molecular formula is C7H4ClNO3. The lowest BCUT2D eigenvalue weighted by Crippen LogP contribution is -2.02. The molecule has 1 rings (SSSR count). The molecule has 0 spiro atoms. The van der Waals surface area contributed by atoms with Crippen molar-refractivity contribution in [2.24, 2.45) is 0 Å². The Kier molecular flexibility index (Phi) is 2.40. The number of carbonyl (C=O) groups excluding carboxylic acids is 1. The summed E-state index contributed by atoms with van der Waals surface area (Å²) in [5.41, 5.74) is -0.225. The van der Waals surface area contributed by atoms with Crippen LogP contribution in [0.5, 0.6) is 0 Å². The van der Waals surface area contributed by atoms with Gasteiger partial charge in [0.25, 0.3) is 0 Å². The van der Waals surface area contributed by atoms with Crippen LogP contribution in [-0.2, 0) is 0 Å². The summed E-state index contributed by atoms with van der Waals surface area (Å²) in [6.45, 7) is 0. The molecule has 1 N–H and O–H groups in total. The molecule has 0 saturated heterocycles. The zero-order valence-electron chi connectivity index (χ0n) is 5.82. The van der Waals surface area contributed by atoms with Crippen molar-refractivity contribution in [3.05, 3.63) is 28.5 Å². The van der Waals surface area contributed by atoms with Gasteiger partial charge in [-0.15, -0.1) is 0 Å². The summed E-state index contributed by atoms with van der Waals surface area (Å²) in [6, 6.07) is 1.22. The summed E-state index contributed by atoms with van der Waals surface area (Å²) in [4.78, 5) is 24.4. The lowest BCUT2D eigenvalue weighted by Gasteiger charge is -1.98. The van der Waals surface area contributed by atoms with Crippen molar-refractivity contribution in [2.75, 3.05) is 0 Å². The van der Waals surface area contributed by atoms with E-state index in [1.54, 1.807) is 0 Å². The Balaban J connectivity index is 3.37. The molecule has 0 amide bonds. The highest BCUT2D eigenvalue weighted by atomic mass is 35.5. The summed E-state index contributed by atoms with van der Waals surface area (Å²) < 4.78 is 0. The van der Waals surface area contributed by atoms with Gasteiger partial charge in [0.05, 0.1) is 11.1 Å². The fraction of sp³-hybridized carbons (Fsp3) is 0. The Morgan fingerprint density at radius 3 is 2.75 bits per heavy atom. The molecular weight excluding hydrogens is 182 g/mol. The van der Waals surface area contributed by atoms with Crippen LogP contribution in [0.1, 0.15) is 20.7 Å². The van der Waals surface area contributed by atoms with Crippen molar-refractivity contribution < 1.29 is 14.7 Å². The van der Waals surface area contributed by atoms with Crippen molar-refractivity contribution in [1.82, 2.24) is 4.98 Å². The monoisotopic (exact) mass is 185 g/mol. The summed E-state index contributed by atoms with van der Waals surface area (Å²) in [7, 11) is 0. The van der Waals surface area contributed by atoms with Crippen LogP contribution in [0.2, 0.25) is 5.15 Å². The minimum absolute atomic E-state index is 0.0910. The average Bonchev–Trinajstić information content (AvgIpc) is 2.03. The Hall–Kier alpha value is -1.42. The summed E-state index contributed by atoms with van der Waals surface area (Å²) in [5, 5.41) is 8.48. The van der Waals surface area contributed by atoms with Crippen molar-refractivity contribution in [2.45, 2.75) is 0 Å². The first kappa shape index (κ1) is 8.67. The molecule has 0 aliphatic heterocycles. The van der Waals surface area contributed by atoms with Crippen LogP contribution in [0.25, 0.3) is 0 Å². The van der Waals surface area contributed by atoms with Gasteiger partial charge in [-0.1, -0.05) is 11.6 Å². The summed E-state index contributed by atoms with van der Waals surface area (Å²) in [6.07, 6.45) is 1.61. The number of carbonyl (C=O) groups is 2. The highest BCUT2D eigenvalue weighted by molar-refractivity contribution is 6.32. The molecule has 0 atom stereocenters. The van der Waals surface area contributed by atoms with E-state index in [9.17, 15) is 9.59 Å². The number of nitrogens with zero attached hydrogens (tertiary/aromatic N) is 1. The maximum absolute atomic E-state index is 10.5. The molecule has 0 aliphatic carbocycles. The number of pyridine rings is 1. The molecule has 0 bridgehead atoms. The number of carboxylic acids is 1. The van der Waals surface area contributed by atoms with Crippen LogP contribution in [0.3, 0.4) is 0 Å². The maximum atomic E-state index is 10.5. The molecule has 0 fully saturated rings. The largest absolute Gasteiger partial charge is 0.478 e. The number of aldehydes is 1. The van der Waals surface area contributed by atoms with Crippen LogP contribution in [-0.4, -0.2) is 22.3 Å². The predicted octanol–water partition coefficient (Wildman–Crippen LogP) is 1.25. The second-order valence-electron chi connectivity index (χ2n) is 1.99. The molecule has 1 heterocycles. The third-order valence-electron chi connectivity index (χ3n) is 1.29. The Bertz CT molecular complexity index is 337. The van der Waals surface area contributed by atoms with E-state index >= 15 is 0 Å². The van der Waals surface area contributed by atoms with Gasteiger partial charge in [0, 0.05) is 6.20 Å². The fourth-order valence-corrected chi connectivity index (χ4v) is 0.949. The molecule has 62 valence electrons. The zero-order chi connectivity index (χ0) is 9.14. The van der Waals surface area contributed by atoms with E-state index in [2.05, 4.69) is 4.98 Å². The van der Waals surface area contributed by atoms with Gasteiger partial charge in [0.1, 0.15) is 5.15 Å². The fourth-order valence-electron chi connectivity index (χ4n) is 0.746. The summed E-state index contributed by atoms with van der Waals surface area (Å²) in [5.74, 6) is -1.19. The Morgan fingerprint density at radius 1 is 1.67 bits per heavy atom. The predicted molar refractivity (Wildman–Crippen MR) is 41.6 cm³/mol. The lowest BCUT2D eigenvalue weighted by atomic mass is 10.1. The van der Waals surface area contributed by atoms with Gasteiger partial charge in [0.15, 0.2) is 6.29 Å². The molecule has 4 nitrogen and oxygen atoms in total. The molecule has 5 heteroatoms. The number of carboxylic acid groups (broad SMARTS) is 1. The molecule has 0 aromatic carbocycles. The first-order valence-electron chi connectivity index (χ1n) is 2.99. The number of aromatic nitrogens is 1. The van der Waals surface area contributed by atoms with Crippen LogP contribution < -0.4 is 0 Å². The van der Waals surface area contributed by atoms with Crippen LogP contribution in [0.4, 0.5) is 0 Å². The molecule has 0 aliphatic rings. The number of rotatable bonds is 2. The van der Waals surface area contributed by atoms with Crippen molar-refractivity contribution in [1.29, 1.82) is 0 Å². The Labute approximate surface area is 72.8 Å². The third kappa shape index (κ3) is 1.43. The number of hydrogen-bond donors (Lipinski definition) is 1. The van der Waals surface area contributed by atoms with Crippen molar-refractivity contribution in [3.63, 3.8) is 0 Å². The zero-order valence-corrected chi connectivity index (χ0v) is 6.58. The molecule has 12 heavy (non-hydrogen) atoms. The number of hydrogen-bond acceptors (Lipinski definition) is 3. The lowest BCUT2D eigenvalue weighted by molar-refractivity contribution is 0.0694. The van der Waals surface area contributed by atoms with Crippen LogP contribution >= 0.6 is 11.6 Å². The van der Waals surface area contributed by atoms with Gasteiger partial charge in [-0.3, -0.25) is 4.79 Å². The average molecular weight is 186 g/mol. The molecule has 1 aromatic rings. The first-order valence-corrected chi connectivity index (χ1v) is 3.37. The van der Waals surface area contributed by atoms with Crippen molar-refractivity contribution >= 4 is 23.9 Å². The van der Waals surface area contributed by atoms with E-state index in [4.69, 9.17) is 16.7 Å². The number of halogens is 1. The van der Waals surface area contributed by atoms with Gasteiger partial charge in [-0.05, 0) is 6.07 Å². The highest BCUT2D eigenvalue weighted by Crippen LogP contribution is 2.14. The Morgan fingerprint density at radius 2 is 2.33 bits per heavy atom. The molecule has 0 saturated carbocycles. The third-order valence-corrected chi connectivity index (χ3v) is 1.59. The topological polar surface area (TPSA) is 67.3 Å². The second-order valence-corrected chi connectivity index (χ2v) is 2.34. The van der Waals surface area contributed by atoms with Gasteiger partial charge < -0.3 is 5.11 Å². The van der Waals surface area contributed by atoms with Gasteiger partial charge in [-0.2, -0.15) is 0 Å². The molecule has 1 aromatic heterocycles. The standard InChI is InChI=1S/C7H4ClNO3/c8-6-5(3-10)4(7(11)12)1-2-9-6/h1-3H,(H,11,12). The van der Waals surface area contributed by atoms with Crippen molar-refractivity contribution in [3.8, 4) is 0 Å². The summed E-state index contributed by atoms with van der Waals surface area (Å²) >= 11 is 5.47. The minimum Gasteiger partial charge on any atom is -0.478 e. The van der Waals surface area contributed by atoms with Gasteiger partial charge in [0.2, 0.25) is 0 Å². The van der Waals surface area contributed by atoms with Gasteiger partial charge in [-0.25, -0.2) is 9.78 Å². The second kappa shape index (κ2) is 3.32. The normalized spacial score (nSPS) is 9.42. The van der Waals surface area contributed by atoms with E-state index in [0.29, 0.717) is 6.29 Å². The van der Waals surface area contributed by atoms with E-state index in [1.807, 2.05) is 0 Å². The molecule has 0 unspecified atom stereocenters. The van der Waals surface area contributed by atoms with E-state index < -0.39 is 5.97 Å². The first-order chi connectivity index (χ1) is 5.66. The minimum atomic E-state index is -1.19. The van der Waals surface area contributed by atoms with Crippen LogP contribution in [0.15, 0.2) is 12.3 Å². The van der Waals surface area contributed by atoms with E-state index in [0.717, 1.165) is 0 Å². The quantitative estimate of drug-likeness (QED) is 0.556. The number of aromatic carboxylic acids is 1. The maximum Gasteiger partial charge on any atom is 0.336 e. The smallest absolute Gasteiger partial charge is 0.336 e. The highest BCUT2D eigenvalue weighted by Gasteiger charge is 2.12. The van der Waals surface area contributed by atoms with Gasteiger partial charge >= 0.3 is 5.97 Å². The van der Waals surface area contributed by atoms with E-state index in [1.165, 1.54) is 12.3 Å². The molecule has 0 radical (unpaired) electrons. The van der Waals surface area contributed by atoms with E-state index in [-0.39, 0.29) is 16.3 Å². The van der Waals surface area contributed by atoms with Crippen LogP contribution in [0, 0.1) is 0 Å². The SMILES string of the molecule is O=Cc1c(C(=O)O)ccnc1Cl.